The van der Waals surface area contributed by atoms with Crippen molar-refractivity contribution in [1.29, 1.82) is 0 Å². The molecule has 2 rings (SSSR count). The molecule has 3 unspecified atom stereocenters. The van der Waals surface area contributed by atoms with Crippen molar-refractivity contribution in [3.05, 3.63) is 0 Å². The van der Waals surface area contributed by atoms with Crippen molar-refractivity contribution >= 4 is 8.80 Å². The van der Waals surface area contributed by atoms with Crippen molar-refractivity contribution < 1.29 is 18.0 Å². The summed E-state index contributed by atoms with van der Waals surface area (Å²) in [4.78, 5) is 0. The van der Waals surface area contributed by atoms with Crippen molar-refractivity contribution in [3.8, 4) is 0 Å². The highest BCUT2D eigenvalue weighted by Crippen LogP contribution is 2.60. The van der Waals surface area contributed by atoms with Gasteiger partial charge in [-0.1, -0.05) is 13.8 Å². The van der Waals surface area contributed by atoms with E-state index in [1.165, 1.54) is 6.42 Å². The molecule has 0 spiro atoms. The third kappa shape index (κ3) is 3.22. The zero-order chi connectivity index (χ0) is 15.7. The molecule has 1 aliphatic carbocycles. The molecule has 1 heterocycles. The summed E-state index contributed by atoms with van der Waals surface area (Å²) in [6, 6.07) is 0. The number of rotatable bonds is 8. The minimum absolute atomic E-state index is 0.0274. The van der Waals surface area contributed by atoms with E-state index in [4.69, 9.17) is 18.0 Å². The van der Waals surface area contributed by atoms with Crippen LogP contribution < -0.4 is 0 Å². The molecule has 1 aliphatic heterocycles. The minimum atomic E-state index is -2.71. The standard InChI is InChI=1S/C16H32O4Si/c1-7-17-21(18-8-2,19-9-3)14-13(12(4)5)10-11-16(6)15(14)20-16/h12-15H,7-11H2,1-6H3/t13-,14?,15?,16?/m1/s1. The summed E-state index contributed by atoms with van der Waals surface area (Å²) in [5.74, 6) is 1.15. The van der Waals surface area contributed by atoms with Gasteiger partial charge in [0.25, 0.3) is 0 Å². The Morgan fingerprint density at radius 2 is 1.62 bits per heavy atom. The monoisotopic (exact) mass is 316 g/mol. The van der Waals surface area contributed by atoms with Crippen LogP contribution in [0.15, 0.2) is 0 Å². The Kier molecular flexibility index (Phi) is 5.53. The van der Waals surface area contributed by atoms with E-state index < -0.39 is 8.80 Å². The average Bonchev–Trinajstić information content (AvgIpc) is 3.09. The van der Waals surface area contributed by atoms with Gasteiger partial charge in [0.1, 0.15) is 0 Å². The van der Waals surface area contributed by atoms with Crippen molar-refractivity contribution in [3.63, 3.8) is 0 Å². The van der Waals surface area contributed by atoms with E-state index in [0.717, 1.165) is 6.42 Å². The molecule has 2 fully saturated rings. The molecule has 1 saturated carbocycles. The molecule has 2 aliphatic rings. The normalized spacial score (nSPS) is 35.9. The van der Waals surface area contributed by atoms with Gasteiger partial charge in [0.2, 0.25) is 0 Å². The first kappa shape index (κ1) is 17.4. The molecule has 0 aromatic rings. The predicted octanol–water partition coefficient (Wildman–Crippen LogP) is 3.63. The lowest BCUT2D eigenvalue weighted by atomic mass is 9.77. The van der Waals surface area contributed by atoms with Crippen LogP contribution in [0.1, 0.15) is 54.4 Å². The maximum absolute atomic E-state index is 6.19. The molecule has 0 aromatic carbocycles. The van der Waals surface area contributed by atoms with Gasteiger partial charge in [-0.3, -0.25) is 0 Å². The van der Waals surface area contributed by atoms with Crippen molar-refractivity contribution in [2.75, 3.05) is 19.8 Å². The Hall–Kier alpha value is 0.0569. The van der Waals surface area contributed by atoms with E-state index in [1.54, 1.807) is 0 Å². The Morgan fingerprint density at radius 1 is 1.10 bits per heavy atom. The van der Waals surface area contributed by atoms with Crippen LogP contribution in [0.2, 0.25) is 5.54 Å². The second kappa shape index (κ2) is 6.67. The Morgan fingerprint density at radius 3 is 2.05 bits per heavy atom. The molecule has 4 nitrogen and oxygen atoms in total. The van der Waals surface area contributed by atoms with Gasteiger partial charge in [0, 0.05) is 19.8 Å². The van der Waals surface area contributed by atoms with Gasteiger partial charge in [-0.2, -0.15) is 0 Å². The van der Waals surface area contributed by atoms with Crippen LogP contribution in [0.4, 0.5) is 0 Å². The zero-order valence-corrected chi connectivity index (χ0v) is 15.5. The maximum atomic E-state index is 6.19. The predicted molar refractivity (Wildman–Crippen MR) is 85.2 cm³/mol. The quantitative estimate of drug-likeness (QED) is 0.506. The lowest BCUT2D eigenvalue weighted by Gasteiger charge is -2.42. The van der Waals surface area contributed by atoms with Crippen LogP contribution in [0.3, 0.4) is 0 Å². The molecule has 124 valence electrons. The van der Waals surface area contributed by atoms with Gasteiger partial charge in [0.05, 0.1) is 17.2 Å². The van der Waals surface area contributed by atoms with E-state index in [9.17, 15) is 0 Å². The van der Waals surface area contributed by atoms with Crippen LogP contribution in [-0.4, -0.2) is 40.3 Å². The maximum Gasteiger partial charge on any atom is 0.507 e. The average molecular weight is 317 g/mol. The van der Waals surface area contributed by atoms with Gasteiger partial charge in [-0.15, -0.1) is 0 Å². The molecule has 0 N–H and O–H groups in total. The summed E-state index contributed by atoms with van der Waals surface area (Å²) < 4.78 is 24.7. The van der Waals surface area contributed by atoms with Crippen molar-refractivity contribution in [1.82, 2.24) is 0 Å². The summed E-state index contributed by atoms with van der Waals surface area (Å²) in [5, 5.41) is 0. The summed E-state index contributed by atoms with van der Waals surface area (Å²) in [5.41, 5.74) is 0.302. The van der Waals surface area contributed by atoms with Gasteiger partial charge in [-0.05, 0) is 52.4 Å². The smallest absolute Gasteiger partial charge is 0.374 e. The number of fused-ring (bicyclic) bond motifs is 1. The minimum Gasteiger partial charge on any atom is -0.374 e. The summed E-state index contributed by atoms with van der Waals surface area (Å²) >= 11 is 0. The van der Waals surface area contributed by atoms with E-state index in [1.807, 2.05) is 20.8 Å². The fourth-order valence-corrected chi connectivity index (χ4v) is 7.88. The largest absolute Gasteiger partial charge is 0.507 e. The molecular weight excluding hydrogens is 284 g/mol. The first-order chi connectivity index (χ1) is 9.94. The Labute approximate surface area is 130 Å². The molecule has 4 atom stereocenters. The number of epoxide rings is 1. The third-order valence-corrected chi connectivity index (χ3v) is 8.62. The summed E-state index contributed by atoms with van der Waals surface area (Å²) in [6.45, 7) is 14.8. The van der Waals surface area contributed by atoms with E-state index in [2.05, 4.69) is 20.8 Å². The molecular formula is C16H32O4Si. The highest BCUT2D eigenvalue weighted by molar-refractivity contribution is 6.62. The van der Waals surface area contributed by atoms with E-state index >= 15 is 0 Å². The number of hydrogen-bond donors (Lipinski definition) is 0. The van der Waals surface area contributed by atoms with Gasteiger partial charge in [0.15, 0.2) is 0 Å². The van der Waals surface area contributed by atoms with Crippen molar-refractivity contribution in [2.24, 2.45) is 11.8 Å². The molecule has 0 radical (unpaired) electrons. The summed E-state index contributed by atoms with van der Waals surface area (Å²) in [6.07, 6.45) is 2.57. The van der Waals surface area contributed by atoms with Crippen LogP contribution in [0.25, 0.3) is 0 Å². The van der Waals surface area contributed by atoms with Gasteiger partial charge >= 0.3 is 8.80 Å². The topological polar surface area (TPSA) is 40.2 Å². The second-order valence-electron chi connectivity index (χ2n) is 6.73. The van der Waals surface area contributed by atoms with Crippen LogP contribution >= 0.6 is 0 Å². The Bertz CT molecular complexity index is 332. The fourth-order valence-electron chi connectivity index (χ4n) is 3.98. The SMILES string of the molecule is CCO[Si](OCC)(OCC)C1C2OC2(C)CC[C@@H]1C(C)C. The molecule has 5 heteroatoms. The van der Waals surface area contributed by atoms with Gasteiger partial charge < -0.3 is 18.0 Å². The summed E-state index contributed by atoms with van der Waals surface area (Å²) in [7, 11) is -2.71. The van der Waals surface area contributed by atoms with Crippen LogP contribution in [-0.2, 0) is 18.0 Å². The fraction of sp³-hybridized carbons (Fsp3) is 1.00. The van der Waals surface area contributed by atoms with Gasteiger partial charge in [-0.25, -0.2) is 0 Å². The van der Waals surface area contributed by atoms with Crippen LogP contribution in [0, 0.1) is 11.8 Å². The first-order valence-corrected chi connectivity index (χ1v) is 10.3. The zero-order valence-electron chi connectivity index (χ0n) is 14.5. The molecule has 1 saturated heterocycles. The highest BCUT2D eigenvalue weighted by atomic mass is 28.4. The lowest BCUT2D eigenvalue weighted by Crippen LogP contribution is -2.56. The third-order valence-electron chi connectivity index (χ3n) is 5.00. The van der Waals surface area contributed by atoms with E-state index in [-0.39, 0.29) is 17.2 Å². The molecule has 0 amide bonds. The van der Waals surface area contributed by atoms with E-state index in [0.29, 0.717) is 31.7 Å². The molecule has 0 bridgehead atoms. The lowest BCUT2D eigenvalue weighted by molar-refractivity contribution is 0.0423. The highest BCUT2D eigenvalue weighted by Gasteiger charge is 2.70. The van der Waals surface area contributed by atoms with Crippen molar-refractivity contribution in [2.45, 2.75) is 71.6 Å². The second-order valence-corrected chi connectivity index (χ2v) is 9.47. The first-order valence-electron chi connectivity index (χ1n) is 8.53. The Balaban J connectivity index is 2.33. The number of hydrogen-bond acceptors (Lipinski definition) is 4. The number of ether oxygens (including phenoxy) is 1. The van der Waals surface area contributed by atoms with Crippen LogP contribution in [0.5, 0.6) is 0 Å². The molecule has 0 aromatic heterocycles. The molecule has 21 heavy (non-hydrogen) atoms.